The van der Waals surface area contributed by atoms with Gasteiger partial charge in [0.25, 0.3) is 0 Å². The van der Waals surface area contributed by atoms with Gasteiger partial charge in [-0.3, -0.25) is 9.78 Å². The minimum absolute atomic E-state index is 0.135. The van der Waals surface area contributed by atoms with E-state index in [9.17, 15) is 9.59 Å². The molecule has 0 aliphatic heterocycles. The highest BCUT2D eigenvalue weighted by atomic mass is 16.2. The number of rotatable bonds is 2. The number of pyridine rings is 2. The van der Waals surface area contributed by atoms with Crippen molar-refractivity contribution in [2.75, 3.05) is 10.6 Å². The Bertz CT molecular complexity index is 897. The largest absolute Gasteiger partial charge is 0.323 e. The van der Waals surface area contributed by atoms with E-state index in [1.807, 2.05) is 24.3 Å². The molecule has 0 radical (unpaired) electrons. The molecule has 0 saturated carbocycles. The highest BCUT2D eigenvalue weighted by molar-refractivity contribution is 6.04. The average Bonchev–Trinajstić information content (AvgIpc) is 2.51. The lowest BCUT2D eigenvalue weighted by molar-refractivity contribution is 0.262. The Balaban J connectivity index is 1.81. The minimum Gasteiger partial charge on any atom is -0.317 e. The van der Waals surface area contributed by atoms with Gasteiger partial charge in [0.2, 0.25) is 5.56 Å². The molecule has 0 aliphatic rings. The van der Waals surface area contributed by atoms with Crippen molar-refractivity contribution in [1.82, 2.24) is 9.55 Å². The van der Waals surface area contributed by atoms with E-state index in [-0.39, 0.29) is 5.56 Å². The van der Waals surface area contributed by atoms with Gasteiger partial charge in [0.1, 0.15) is 0 Å². The number of hydrogen-bond donors (Lipinski definition) is 2. The number of carbonyl (C=O) groups excluding carboxylic acids is 1. The van der Waals surface area contributed by atoms with Gasteiger partial charge in [-0.2, -0.15) is 0 Å². The van der Waals surface area contributed by atoms with Crippen LogP contribution in [0, 0.1) is 0 Å². The molecule has 0 saturated heterocycles. The first-order chi connectivity index (χ1) is 10.6. The summed E-state index contributed by atoms with van der Waals surface area (Å²) in [5, 5.41) is 6.40. The van der Waals surface area contributed by atoms with Gasteiger partial charge < -0.3 is 15.2 Å². The van der Waals surface area contributed by atoms with Gasteiger partial charge in [0.05, 0.1) is 16.9 Å². The molecule has 0 bridgehead atoms. The first-order valence-corrected chi connectivity index (χ1v) is 6.72. The summed E-state index contributed by atoms with van der Waals surface area (Å²) < 4.78 is 1.40. The summed E-state index contributed by atoms with van der Waals surface area (Å²) in [4.78, 5) is 27.7. The number of hydrogen-bond acceptors (Lipinski definition) is 3. The van der Waals surface area contributed by atoms with Crippen LogP contribution >= 0.6 is 0 Å². The summed E-state index contributed by atoms with van der Waals surface area (Å²) in [6, 6.07) is 11.9. The smallest absolute Gasteiger partial charge is 0.317 e. The van der Waals surface area contributed by atoms with Crippen molar-refractivity contribution in [2.45, 2.75) is 0 Å². The van der Waals surface area contributed by atoms with Crippen molar-refractivity contribution in [3.05, 3.63) is 65.2 Å². The molecule has 110 valence electrons. The summed E-state index contributed by atoms with van der Waals surface area (Å²) in [6.07, 6.45) is 3.24. The lowest BCUT2D eigenvalue weighted by Gasteiger charge is -2.10. The van der Waals surface area contributed by atoms with E-state index in [1.54, 1.807) is 31.6 Å². The third kappa shape index (κ3) is 2.80. The fourth-order valence-corrected chi connectivity index (χ4v) is 2.16. The third-order valence-corrected chi connectivity index (χ3v) is 3.22. The number of aryl methyl sites for hydroxylation is 1. The topological polar surface area (TPSA) is 76.0 Å². The van der Waals surface area contributed by atoms with Crippen LogP contribution < -0.4 is 16.2 Å². The molecular formula is C16H14N4O2. The van der Waals surface area contributed by atoms with Crippen LogP contribution in [0.15, 0.2) is 59.7 Å². The molecule has 22 heavy (non-hydrogen) atoms. The predicted molar refractivity (Wildman–Crippen MR) is 86.1 cm³/mol. The summed E-state index contributed by atoms with van der Waals surface area (Å²) in [7, 11) is 1.63. The maximum Gasteiger partial charge on any atom is 0.323 e. The van der Waals surface area contributed by atoms with Gasteiger partial charge in [-0.15, -0.1) is 0 Å². The number of nitrogens with one attached hydrogen (secondary N) is 2. The maximum absolute atomic E-state index is 12.1. The zero-order chi connectivity index (χ0) is 15.5. The van der Waals surface area contributed by atoms with E-state index >= 15 is 0 Å². The van der Waals surface area contributed by atoms with Crippen molar-refractivity contribution >= 4 is 28.3 Å². The third-order valence-electron chi connectivity index (χ3n) is 3.22. The standard InChI is InChI=1S/C16H14N4O2/c1-20-10-12(7-8-14(20)21)18-16(22)19-13-6-2-4-11-5-3-9-17-15(11)13/h2-10H,1H3,(H2,18,19,22). The van der Waals surface area contributed by atoms with Crippen molar-refractivity contribution in [3.63, 3.8) is 0 Å². The van der Waals surface area contributed by atoms with Crippen molar-refractivity contribution in [1.29, 1.82) is 0 Å². The zero-order valence-corrected chi connectivity index (χ0v) is 11.9. The van der Waals surface area contributed by atoms with E-state index in [0.29, 0.717) is 11.4 Å². The molecule has 6 nitrogen and oxygen atoms in total. The number of urea groups is 1. The number of benzene rings is 1. The van der Waals surface area contributed by atoms with Gasteiger partial charge >= 0.3 is 6.03 Å². The number of para-hydroxylation sites is 1. The van der Waals surface area contributed by atoms with Crippen LogP contribution in [0.2, 0.25) is 0 Å². The number of nitrogens with zero attached hydrogens (tertiary/aromatic N) is 2. The van der Waals surface area contributed by atoms with Crippen LogP contribution in [-0.2, 0) is 7.05 Å². The first-order valence-electron chi connectivity index (χ1n) is 6.72. The van der Waals surface area contributed by atoms with E-state index < -0.39 is 6.03 Å². The molecule has 2 N–H and O–H groups in total. The SMILES string of the molecule is Cn1cc(NC(=O)Nc2cccc3cccnc23)ccc1=O. The summed E-state index contributed by atoms with van der Waals surface area (Å²) in [5.41, 5.74) is 1.75. The Morgan fingerprint density at radius 2 is 1.91 bits per heavy atom. The Labute approximate surface area is 126 Å². The van der Waals surface area contributed by atoms with Crippen LogP contribution in [-0.4, -0.2) is 15.6 Å². The molecule has 3 rings (SSSR count). The van der Waals surface area contributed by atoms with E-state index in [1.165, 1.54) is 10.6 Å². The number of fused-ring (bicyclic) bond motifs is 1. The highest BCUT2D eigenvalue weighted by Gasteiger charge is 2.07. The normalized spacial score (nSPS) is 10.4. The Hall–Kier alpha value is -3.15. The summed E-state index contributed by atoms with van der Waals surface area (Å²) >= 11 is 0. The fourth-order valence-electron chi connectivity index (χ4n) is 2.16. The molecule has 0 aliphatic carbocycles. The fraction of sp³-hybridized carbons (Fsp3) is 0.0625. The van der Waals surface area contributed by atoms with E-state index in [0.717, 1.165) is 10.9 Å². The maximum atomic E-state index is 12.1. The van der Waals surface area contributed by atoms with Crippen LogP contribution in [0.5, 0.6) is 0 Å². The van der Waals surface area contributed by atoms with Crippen LogP contribution in [0.3, 0.4) is 0 Å². The molecule has 2 aromatic heterocycles. The van der Waals surface area contributed by atoms with Crippen molar-refractivity contribution < 1.29 is 4.79 Å². The lowest BCUT2D eigenvalue weighted by atomic mass is 10.2. The average molecular weight is 294 g/mol. The molecule has 0 fully saturated rings. The van der Waals surface area contributed by atoms with Gasteiger partial charge in [-0.1, -0.05) is 18.2 Å². The molecule has 3 aromatic rings. The van der Waals surface area contributed by atoms with Crippen LogP contribution in [0.1, 0.15) is 0 Å². The second-order valence-electron chi connectivity index (χ2n) is 4.83. The van der Waals surface area contributed by atoms with Gasteiger partial charge in [0.15, 0.2) is 0 Å². The number of aromatic nitrogens is 2. The van der Waals surface area contributed by atoms with Crippen LogP contribution in [0.4, 0.5) is 16.2 Å². The number of carbonyl (C=O) groups is 1. The molecule has 6 heteroatoms. The lowest BCUT2D eigenvalue weighted by Crippen LogP contribution is -2.22. The number of anilines is 2. The molecule has 2 heterocycles. The molecule has 0 spiro atoms. The van der Waals surface area contributed by atoms with E-state index in [2.05, 4.69) is 15.6 Å². The Morgan fingerprint density at radius 1 is 1.09 bits per heavy atom. The number of amides is 2. The molecular weight excluding hydrogens is 280 g/mol. The molecule has 2 amide bonds. The summed E-state index contributed by atoms with van der Waals surface area (Å²) in [6.45, 7) is 0. The Kier molecular flexibility index (Phi) is 3.57. The Morgan fingerprint density at radius 3 is 2.73 bits per heavy atom. The van der Waals surface area contributed by atoms with Crippen molar-refractivity contribution in [3.8, 4) is 0 Å². The van der Waals surface area contributed by atoms with Gasteiger partial charge in [0, 0.05) is 30.9 Å². The molecule has 0 atom stereocenters. The molecule has 0 unspecified atom stereocenters. The van der Waals surface area contributed by atoms with E-state index in [4.69, 9.17) is 0 Å². The predicted octanol–water partition coefficient (Wildman–Crippen LogP) is 2.58. The quantitative estimate of drug-likeness (QED) is 0.762. The van der Waals surface area contributed by atoms with Crippen molar-refractivity contribution in [2.24, 2.45) is 7.05 Å². The first kappa shape index (κ1) is 13.8. The van der Waals surface area contributed by atoms with Gasteiger partial charge in [-0.05, 0) is 18.2 Å². The molecule has 1 aromatic carbocycles. The second kappa shape index (κ2) is 5.69. The van der Waals surface area contributed by atoms with Gasteiger partial charge in [-0.25, -0.2) is 4.79 Å². The minimum atomic E-state index is -0.392. The monoisotopic (exact) mass is 294 g/mol. The zero-order valence-electron chi connectivity index (χ0n) is 11.9. The second-order valence-corrected chi connectivity index (χ2v) is 4.83. The highest BCUT2D eigenvalue weighted by Crippen LogP contribution is 2.20. The van der Waals surface area contributed by atoms with Crippen LogP contribution in [0.25, 0.3) is 10.9 Å². The summed E-state index contributed by atoms with van der Waals surface area (Å²) in [5.74, 6) is 0.